The molecule has 0 bridgehead atoms. The van der Waals surface area contributed by atoms with E-state index in [2.05, 4.69) is 4.90 Å². The van der Waals surface area contributed by atoms with E-state index in [0.29, 0.717) is 12.1 Å². The van der Waals surface area contributed by atoms with Gasteiger partial charge in [0.15, 0.2) is 0 Å². The number of benzene rings is 1. The van der Waals surface area contributed by atoms with Gasteiger partial charge in [-0.1, -0.05) is 6.07 Å². The topological polar surface area (TPSA) is 23.5 Å². The monoisotopic (exact) mass is 181 g/mol. The van der Waals surface area contributed by atoms with Crippen LogP contribution in [0.1, 0.15) is 12.0 Å². The van der Waals surface area contributed by atoms with Crippen LogP contribution in [0.5, 0.6) is 5.75 Å². The van der Waals surface area contributed by atoms with Crippen LogP contribution < -0.4 is 0 Å². The molecule has 1 N–H and O–H groups in total. The second-order valence-corrected chi connectivity index (χ2v) is 3.41. The van der Waals surface area contributed by atoms with Gasteiger partial charge in [-0.25, -0.2) is 4.39 Å². The second-order valence-electron chi connectivity index (χ2n) is 3.41. The van der Waals surface area contributed by atoms with Crippen LogP contribution in [-0.2, 0) is 6.54 Å². The number of nitrogens with zero attached hydrogens (tertiary/aromatic N) is 1. The molecule has 0 atom stereocenters. The van der Waals surface area contributed by atoms with Crippen molar-refractivity contribution in [2.24, 2.45) is 0 Å². The second kappa shape index (κ2) is 3.34. The van der Waals surface area contributed by atoms with E-state index >= 15 is 0 Å². The molecule has 70 valence electrons. The Labute approximate surface area is 76.6 Å². The lowest BCUT2D eigenvalue weighted by Gasteiger charge is -2.30. The summed E-state index contributed by atoms with van der Waals surface area (Å²) in [6.45, 7) is 2.77. The molecule has 1 aliphatic rings. The third-order valence-electron chi connectivity index (χ3n) is 2.38. The molecule has 1 saturated heterocycles. The van der Waals surface area contributed by atoms with Crippen molar-refractivity contribution < 1.29 is 9.50 Å². The highest BCUT2D eigenvalue weighted by atomic mass is 19.1. The Morgan fingerprint density at radius 2 is 2.15 bits per heavy atom. The molecule has 3 heteroatoms. The van der Waals surface area contributed by atoms with Gasteiger partial charge in [-0.3, -0.25) is 4.90 Å². The maximum atomic E-state index is 13.2. The first-order chi connectivity index (χ1) is 6.25. The van der Waals surface area contributed by atoms with Gasteiger partial charge in [-0.2, -0.15) is 0 Å². The number of phenolic OH excluding ortho intramolecular Hbond substituents is 1. The van der Waals surface area contributed by atoms with E-state index in [0.717, 1.165) is 19.2 Å². The van der Waals surface area contributed by atoms with Crippen LogP contribution in [0, 0.1) is 5.82 Å². The molecule has 1 aromatic rings. The van der Waals surface area contributed by atoms with Gasteiger partial charge in [0.05, 0.1) is 0 Å². The molecule has 0 amide bonds. The van der Waals surface area contributed by atoms with E-state index in [1.165, 1.54) is 12.5 Å². The predicted molar refractivity (Wildman–Crippen MR) is 48.0 cm³/mol. The number of phenols is 1. The van der Waals surface area contributed by atoms with Crippen molar-refractivity contribution in [3.05, 3.63) is 29.6 Å². The van der Waals surface area contributed by atoms with Crippen LogP contribution >= 0.6 is 0 Å². The lowest BCUT2D eigenvalue weighted by Crippen LogP contribution is -2.36. The van der Waals surface area contributed by atoms with Crippen molar-refractivity contribution in [2.75, 3.05) is 13.1 Å². The quantitative estimate of drug-likeness (QED) is 0.751. The van der Waals surface area contributed by atoms with Crippen LogP contribution in [0.25, 0.3) is 0 Å². The molecule has 1 aliphatic heterocycles. The van der Waals surface area contributed by atoms with Crippen molar-refractivity contribution >= 4 is 0 Å². The molecule has 0 unspecified atom stereocenters. The molecule has 0 aliphatic carbocycles. The summed E-state index contributed by atoms with van der Waals surface area (Å²) in [4.78, 5) is 2.18. The molecule has 2 nitrogen and oxygen atoms in total. The SMILES string of the molecule is Oc1ccc(CN2CCC2)c(F)c1. The maximum absolute atomic E-state index is 13.2. The molecule has 13 heavy (non-hydrogen) atoms. The molecule has 1 aromatic carbocycles. The molecule has 2 rings (SSSR count). The Hall–Kier alpha value is -1.09. The Bertz CT molecular complexity index is 310. The molecular formula is C10H12FNO. The molecule has 0 spiro atoms. The minimum atomic E-state index is -0.313. The van der Waals surface area contributed by atoms with Crippen LogP contribution in [-0.4, -0.2) is 23.1 Å². The Kier molecular flexibility index (Phi) is 2.19. The van der Waals surface area contributed by atoms with Crippen LogP contribution in [0.3, 0.4) is 0 Å². The number of halogens is 1. The summed E-state index contributed by atoms with van der Waals surface area (Å²) >= 11 is 0. The first kappa shape index (κ1) is 8.51. The smallest absolute Gasteiger partial charge is 0.131 e. The van der Waals surface area contributed by atoms with Crippen molar-refractivity contribution in [2.45, 2.75) is 13.0 Å². The third-order valence-corrected chi connectivity index (χ3v) is 2.38. The maximum Gasteiger partial charge on any atom is 0.131 e. The van der Waals surface area contributed by atoms with Crippen molar-refractivity contribution in [1.29, 1.82) is 0 Å². The van der Waals surface area contributed by atoms with Gasteiger partial charge in [0.25, 0.3) is 0 Å². The normalized spacial score (nSPS) is 17.0. The predicted octanol–water partition coefficient (Wildman–Crippen LogP) is 1.74. The number of likely N-dealkylation sites (tertiary alicyclic amines) is 1. The summed E-state index contributed by atoms with van der Waals surface area (Å²) in [5.74, 6) is -0.322. The average Bonchev–Trinajstić information content (AvgIpc) is 1.99. The molecule has 1 heterocycles. The van der Waals surface area contributed by atoms with Crippen molar-refractivity contribution in [3.8, 4) is 5.75 Å². The summed E-state index contributed by atoms with van der Waals surface area (Å²) in [7, 11) is 0. The minimum absolute atomic E-state index is 0.00939. The fourth-order valence-electron chi connectivity index (χ4n) is 1.45. The number of aromatic hydroxyl groups is 1. The van der Waals surface area contributed by atoms with Crippen LogP contribution in [0.4, 0.5) is 4.39 Å². The first-order valence-corrected chi connectivity index (χ1v) is 4.45. The van der Waals surface area contributed by atoms with Gasteiger partial charge in [0, 0.05) is 18.2 Å². The fraction of sp³-hybridized carbons (Fsp3) is 0.400. The molecule has 1 fully saturated rings. The van der Waals surface area contributed by atoms with E-state index in [9.17, 15) is 4.39 Å². The minimum Gasteiger partial charge on any atom is -0.508 e. The zero-order chi connectivity index (χ0) is 9.26. The lowest BCUT2D eigenvalue weighted by atomic mass is 10.1. The van der Waals surface area contributed by atoms with E-state index in [4.69, 9.17) is 5.11 Å². The zero-order valence-electron chi connectivity index (χ0n) is 7.33. The Morgan fingerprint density at radius 1 is 1.38 bits per heavy atom. The van der Waals surface area contributed by atoms with Gasteiger partial charge in [-0.15, -0.1) is 0 Å². The lowest BCUT2D eigenvalue weighted by molar-refractivity contribution is 0.170. The first-order valence-electron chi connectivity index (χ1n) is 4.45. The third kappa shape index (κ3) is 1.80. The van der Waals surface area contributed by atoms with E-state index in [-0.39, 0.29) is 11.6 Å². The van der Waals surface area contributed by atoms with Gasteiger partial charge >= 0.3 is 0 Å². The highest BCUT2D eigenvalue weighted by molar-refractivity contribution is 5.27. The standard InChI is InChI=1S/C10H12FNO/c11-10-6-9(13)3-2-8(10)7-12-4-1-5-12/h2-3,6,13H,1,4-5,7H2. The summed E-state index contributed by atoms with van der Waals surface area (Å²) in [5.41, 5.74) is 0.664. The molecule has 0 aromatic heterocycles. The van der Waals surface area contributed by atoms with E-state index in [1.54, 1.807) is 6.07 Å². The highest BCUT2D eigenvalue weighted by Gasteiger charge is 2.15. The highest BCUT2D eigenvalue weighted by Crippen LogP contribution is 2.18. The average molecular weight is 181 g/mol. The van der Waals surface area contributed by atoms with Crippen LogP contribution in [0.2, 0.25) is 0 Å². The van der Waals surface area contributed by atoms with Crippen LogP contribution in [0.15, 0.2) is 18.2 Å². The van der Waals surface area contributed by atoms with E-state index < -0.39 is 0 Å². The summed E-state index contributed by atoms with van der Waals surface area (Å²) < 4.78 is 13.2. The molecular weight excluding hydrogens is 169 g/mol. The van der Waals surface area contributed by atoms with Crippen molar-refractivity contribution in [3.63, 3.8) is 0 Å². The van der Waals surface area contributed by atoms with Crippen molar-refractivity contribution in [1.82, 2.24) is 4.90 Å². The Balaban J connectivity index is 2.10. The zero-order valence-corrected chi connectivity index (χ0v) is 7.33. The summed E-state index contributed by atoms with van der Waals surface area (Å²) in [6, 6.07) is 4.33. The summed E-state index contributed by atoms with van der Waals surface area (Å²) in [5, 5.41) is 8.99. The number of rotatable bonds is 2. The largest absolute Gasteiger partial charge is 0.508 e. The number of hydrogen-bond acceptors (Lipinski definition) is 2. The van der Waals surface area contributed by atoms with E-state index in [1.807, 2.05) is 0 Å². The van der Waals surface area contributed by atoms with Gasteiger partial charge in [0.2, 0.25) is 0 Å². The fourth-order valence-corrected chi connectivity index (χ4v) is 1.45. The van der Waals surface area contributed by atoms with Gasteiger partial charge in [-0.05, 0) is 25.6 Å². The van der Waals surface area contributed by atoms with Gasteiger partial charge < -0.3 is 5.11 Å². The molecule has 0 radical (unpaired) electrons. The summed E-state index contributed by atoms with van der Waals surface area (Å²) in [6.07, 6.45) is 1.21. The van der Waals surface area contributed by atoms with Gasteiger partial charge in [0.1, 0.15) is 11.6 Å². The Morgan fingerprint density at radius 3 is 2.69 bits per heavy atom. The number of hydrogen-bond donors (Lipinski definition) is 1. The molecule has 0 saturated carbocycles.